The zero-order valence-electron chi connectivity index (χ0n) is 18.0. The molecular weight excluding hydrogens is 589 g/mol. The van der Waals surface area contributed by atoms with Crippen LogP contribution in [0, 0.1) is 0 Å². The van der Waals surface area contributed by atoms with Crippen LogP contribution in [0.3, 0.4) is 0 Å². The predicted octanol–water partition coefficient (Wildman–Crippen LogP) is 2.93. The number of carbonyl (C=O) groups is 3. The molecule has 190 valence electrons. The minimum absolute atomic E-state index is 0.00941. The van der Waals surface area contributed by atoms with E-state index in [-0.39, 0.29) is 28.9 Å². The van der Waals surface area contributed by atoms with E-state index in [9.17, 15) is 24.3 Å². The van der Waals surface area contributed by atoms with Crippen molar-refractivity contribution in [2.75, 3.05) is 22.3 Å². The summed E-state index contributed by atoms with van der Waals surface area (Å²) in [4.78, 5) is 57.5. The summed E-state index contributed by atoms with van der Waals surface area (Å²) in [6.45, 7) is 0. The minimum atomic E-state index is -1.23. The summed E-state index contributed by atoms with van der Waals surface area (Å²) in [5, 5.41) is 13.7. The molecule has 0 saturated carbocycles. The summed E-state index contributed by atoms with van der Waals surface area (Å²) in [6, 6.07) is 5.40. The number of H-pyrrole nitrogens is 1. The maximum atomic E-state index is 12.8. The van der Waals surface area contributed by atoms with Crippen molar-refractivity contribution in [3.05, 3.63) is 55.3 Å². The number of halogens is 2. The second kappa shape index (κ2) is 11.6. The lowest BCUT2D eigenvalue weighted by atomic mass is 10.1. The number of β-lactam (4-membered cyclic amide) rings is 1. The van der Waals surface area contributed by atoms with Gasteiger partial charge in [0, 0.05) is 31.7 Å². The van der Waals surface area contributed by atoms with Crippen LogP contribution in [-0.2, 0) is 14.4 Å². The van der Waals surface area contributed by atoms with Crippen LogP contribution in [-0.4, -0.2) is 65.8 Å². The first-order valence-corrected chi connectivity index (χ1v) is 14.8. The average Bonchev–Trinajstić information content (AvgIpc) is 2.82. The standard InChI is InChI=1S/C20H17Cl2N5O5S4/c21-8-1-2-9(22)10(3-8)33-6-13(29)24-15-17(30)27-16(19(31)32)11(5-34-18(15)27)35-7-36-14-4-12(28)25-20(23)26-14/h1-4,15,18H,5-7H2,(H,24,29)(H,31,32)(H3,23,25,26,28)/t15?,18-/m1/s1. The number of anilines is 1. The fraction of sp³-hybridized carbons (Fsp3) is 0.250. The van der Waals surface area contributed by atoms with Crippen LogP contribution in [0.5, 0.6) is 0 Å². The molecule has 2 amide bonds. The van der Waals surface area contributed by atoms with Crippen molar-refractivity contribution in [1.29, 1.82) is 0 Å². The van der Waals surface area contributed by atoms with Crippen molar-refractivity contribution in [3.63, 3.8) is 0 Å². The molecule has 2 aliphatic rings. The number of aromatic amines is 1. The molecule has 1 saturated heterocycles. The Morgan fingerprint density at radius 1 is 1.25 bits per heavy atom. The Bertz CT molecular complexity index is 1320. The van der Waals surface area contributed by atoms with Gasteiger partial charge in [0.1, 0.15) is 22.1 Å². The van der Waals surface area contributed by atoms with Crippen LogP contribution >= 0.6 is 70.2 Å². The SMILES string of the molecule is Nc1nc(SCSC2=C(C(=O)O)N3C(=O)C(NC(=O)CSc4cc(Cl)ccc4Cl)[C@H]3SC2)cc(=O)[nH]1. The van der Waals surface area contributed by atoms with Gasteiger partial charge < -0.3 is 16.2 Å². The van der Waals surface area contributed by atoms with Gasteiger partial charge in [-0.1, -0.05) is 35.0 Å². The van der Waals surface area contributed by atoms with E-state index in [4.69, 9.17) is 28.9 Å². The minimum Gasteiger partial charge on any atom is -0.477 e. The second-order valence-electron chi connectivity index (χ2n) is 7.27. The largest absolute Gasteiger partial charge is 0.477 e. The normalized spacial score (nSPS) is 19.1. The summed E-state index contributed by atoms with van der Waals surface area (Å²) in [5.74, 6) is -1.73. The van der Waals surface area contributed by atoms with Crippen LogP contribution in [0.1, 0.15) is 0 Å². The number of rotatable bonds is 9. The highest BCUT2D eigenvalue weighted by molar-refractivity contribution is 8.18. The monoisotopic (exact) mass is 605 g/mol. The predicted molar refractivity (Wildman–Crippen MR) is 144 cm³/mol. The van der Waals surface area contributed by atoms with Crippen molar-refractivity contribution in [3.8, 4) is 0 Å². The number of nitrogen functional groups attached to an aromatic ring is 1. The molecule has 1 aromatic heterocycles. The number of thioether (sulfide) groups is 4. The lowest BCUT2D eigenvalue weighted by Gasteiger charge is -2.49. The molecule has 1 aromatic carbocycles. The number of hydrogen-bond donors (Lipinski definition) is 4. The highest BCUT2D eigenvalue weighted by Gasteiger charge is 2.54. The Morgan fingerprint density at radius 2 is 2.03 bits per heavy atom. The van der Waals surface area contributed by atoms with Crippen molar-refractivity contribution >= 4 is 94.0 Å². The molecule has 36 heavy (non-hydrogen) atoms. The molecule has 0 bridgehead atoms. The number of nitrogens with one attached hydrogen (secondary N) is 2. The Kier molecular flexibility index (Phi) is 8.73. The quantitative estimate of drug-likeness (QED) is 0.144. The maximum absolute atomic E-state index is 12.8. The first-order chi connectivity index (χ1) is 17.1. The number of fused-ring (bicyclic) bond motifs is 1. The number of hydrogen-bond acceptors (Lipinski definition) is 10. The average molecular weight is 607 g/mol. The summed E-state index contributed by atoms with van der Waals surface area (Å²) in [6.07, 6.45) is 0. The van der Waals surface area contributed by atoms with E-state index in [0.29, 0.717) is 35.7 Å². The summed E-state index contributed by atoms with van der Waals surface area (Å²) < 4.78 is 0. The van der Waals surface area contributed by atoms with Gasteiger partial charge in [0.2, 0.25) is 11.9 Å². The molecule has 1 fully saturated rings. The molecule has 2 aliphatic heterocycles. The zero-order chi connectivity index (χ0) is 26.0. The van der Waals surface area contributed by atoms with Gasteiger partial charge in [-0.25, -0.2) is 9.78 Å². The first-order valence-electron chi connectivity index (χ1n) is 10.0. The third-order valence-electron chi connectivity index (χ3n) is 4.88. The molecule has 2 atom stereocenters. The lowest BCUT2D eigenvalue weighted by Crippen LogP contribution is -2.70. The Balaban J connectivity index is 1.36. The Morgan fingerprint density at radius 3 is 2.75 bits per heavy atom. The summed E-state index contributed by atoms with van der Waals surface area (Å²) in [5.41, 5.74) is 5.05. The summed E-state index contributed by atoms with van der Waals surface area (Å²) >= 11 is 17.1. The van der Waals surface area contributed by atoms with Gasteiger partial charge in [0.05, 0.1) is 10.8 Å². The number of amides is 2. The second-order valence-corrected chi connectivity index (χ2v) is 12.7. The third kappa shape index (κ3) is 6.11. The number of carboxylic acid groups (broad SMARTS) is 1. The number of carbonyl (C=O) groups excluding carboxylic acids is 2. The number of aliphatic carboxylic acids is 1. The van der Waals surface area contributed by atoms with E-state index in [1.807, 2.05) is 0 Å². The Hall–Kier alpha value is -1.97. The van der Waals surface area contributed by atoms with Crippen LogP contribution < -0.4 is 16.6 Å². The third-order valence-corrected chi connectivity index (χ3v) is 10.2. The van der Waals surface area contributed by atoms with Crippen LogP contribution in [0.25, 0.3) is 0 Å². The van der Waals surface area contributed by atoms with E-state index in [2.05, 4.69) is 15.3 Å². The highest BCUT2D eigenvalue weighted by atomic mass is 35.5. The van der Waals surface area contributed by atoms with Crippen LogP contribution in [0.2, 0.25) is 10.0 Å². The topological polar surface area (TPSA) is 158 Å². The van der Waals surface area contributed by atoms with E-state index in [1.54, 1.807) is 18.2 Å². The maximum Gasteiger partial charge on any atom is 0.353 e. The van der Waals surface area contributed by atoms with Gasteiger partial charge in [-0.05, 0) is 18.2 Å². The fourth-order valence-corrected chi connectivity index (χ4v) is 8.34. The van der Waals surface area contributed by atoms with Crippen LogP contribution in [0.4, 0.5) is 5.95 Å². The zero-order valence-corrected chi connectivity index (χ0v) is 22.8. The summed E-state index contributed by atoms with van der Waals surface area (Å²) in [7, 11) is 0. The molecule has 4 rings (SSSR count). The molecule has 0 aliphatic carbocycles. The van der Waals surface area contributed by atoms with Crippen molar-refractivity contribution in [2.24, 2.45) is 0 Å². The van der Waals surface area contributed by atoms with Gasteiger partial charge in [0.15, 0.2) is 0 Å². The molecule has 0 radical (unpaired) electrons. The van der Waals surface area contributed by atoms with E-state index >= 15 is 0 Å². The van der Waals surface area contributed by atoms with E-state index < -0.39 is 23.3 Å². The molecular formula is C20H17Cl2N5O5S4. The van der Waals surface area contributed by atoms with Gasteiger partial charge in [-0.2, -0.15) is 0 Å². The molecule has 1 unspecified atom stereocenters. The van der Waals surface area contributed by atoms with Gasteiger partial charge in [-0.15, -0.1) is 35.3 Å². The van der Waals surface area contributed by atoms with E-state index in [1.165, 1.54) is 58.0 Å². The fourth-order valence-electron chi connectivity index (χ4n) is 3.34. The molecule has 3 heterocycles. The molecule has 10 nitrogen and oxygen atoms in total. The van der Waals surface area contributed by atoms with Crippen molar-refractivity contribution in [1.82, 2.24) is 20.2 Å². The van der Waals surface area contributed by atoms with Gasteiger partial charge in [0.25, 0.3) is 11.5 Å². The van der Waals surface area contributed by atoms with Gasteiger partial charge >= 0.3 is 5.97 Å². The Labute approximate surface area is 231 Å². The number of aromatic nitrogens is 2. The molecule has 0 spiro atoms. The smallest absolute Gasteiger partial charge is 0.353 e. The first kappa shape index (κ1) is 27.1. The van der Waals surface area contributed by atoms with Crippen LogP contribution in [0.15, 0.2) is 49.6 Å². The number of nitrogens with two attached hydrogens (primary N) is 1. The highest BCUT2D eigenvalue weighted by Crippen LogP contribution is 2.44. The number of benzene rings is 1. The number of carboxylic acids is 1. The molecule has 16 heteroatoms. The lowest BCUT2D eigenvalue weighted by molar-refractivity contribution is -0.150. The van der Waals surface area contributed by atoms with E-state index in [0.717, 1.165) is 0 Å². The molecule has 5 N–H and O–H groups in total. The molecule has 2 aromatic rings. The number of nitrogens with zero attached hydrogens (tertiary/aromatic N) is 2. The van der Waals surface area contributed by atoms with Gasteiger partial charge in [-0.3, -0.25) is 24.3 Å². The van der Waals surface area contributed by atoms with Crippen molar-refractivity contribution < 1.29 is 19.5 Å². The van der Waals surface area contributed by atoms with Crippen molar-refractivity contribution in [2.45, 2.75) is 21.3 Å².